The maximum atomic E-state index is 11.6. The van der Waals surface area contributed by atoms with E-state index in [4.69, 9.17) is 16.3 Å². The quantitative estimate of drug-likeness (QED) is 0.629. The lowest BCUT2D eigenvalue weighted by Crippen LogP contribution is -2.36. The first-order valence-corrected chi connectivity index (χ1v) is 7.06. The van der Waals surface area contributed by atoms with Crippen LogP contribution in [0.5, 0.6) is 0 Å². The van der Waals surface area contributed by atoms with Crippen molar-refractivity contribution in [1.82, 2.24) is 9.88 Å². The maximum Gasteiger partial charge on any atom is 0.309 e. The van der Waals surface area contributed by atoms with Gasteiger partial charge in [-0.3, -0.25) is 9.69 Å². The molecule has 0 aromatic carbocycles. The highest BCUT2D eigenvalue weighted by molar-refractivity contribution is 6.29. The van der Waals surface area contributed by atoms with Crippen LogP contribution in [0.3, 0.4) is 0 Å². The molecule has 1 aliphatic rings. The fourth-order valence-corrected chi connectivity index (χ4v) is 2.46. The number of piperidine rings is 1. The molecule has 1 aliphatic heterocycles. The Bertz CT molecular complexity index is 414. The second-order valence-electron chi connectivity index (χ2n) is 4.79. The van der Waals surface area contributed by atoms with Gasteiger partial charge in [-0.1, -0.05) is 17.7 Å². The molecule has 1 aromatic rings. The largest absolute Gasteiger partial charge is 0.466 e. The predicted molar refractivity (Wildman–Crippen MR) is 73.9 cm³/mol. The highest BCUT2D eigenvalue weighted by Gasteiger charge is 2.25. The van der Waals surface area contributed by atoms with E-state index in [0.29, 0.717) is 11.8 Å². The minimum atomic E-state index is -0.0460. The third-order valence-electron chi connectivity index (χ3n) is 3.40. The average molecular weight is 283 g/mol. The van der Waals surface area contributed by atoms with Crippen molar-refractivity contribution in [2.75, 3.05) is 19.7 Å². The van der Waals surface area contributed by atoms with E-state index in [0.717, 1.165) is 38.0 Å². The van der Waals surface area contributed by atoms with E-state index in [1.165, 1.54) is 0 Å². The number of rotatable bonds is 4. The number of hydrogen-bond donors (Lipinski definition) is 0. The molecule has 2 rings (SSSR count). The molecule has 0 amide bonds. The number of halogens is 1. The minimum absolute atomic E-state index is 0.0460. The van der Waals surface area contributed by atoms with Crippen LogP contribution in [0.2, 0.25) is 5.15 Å². The second-order valence-corrected chi connectivity index (χ2v) is 5.18. The lowest BCUT2D eigenvalue weighted by Gasteiger charge is -2.30. The Balaban J connectivity index is 1.80. The molecule has 0 N–H and O–H groups in total. The van der Waals surface area contributed by atoms with Crippen LogP contribution in [0.15, 0.2) is 18.3 Å². The summed E-state index contributed by atoms with van der Waals surface area (Å²) in [5.41, 5.74) is 1.15. The maximum absolute atomic E-state index is 11.6. The Labute approximate surface area is 118 Å². The predicted octanol–water partition coefficient (Wildman–Crippen LogP) is 2.51. The van der Waals surface area contributed by atoms with Crippen LogP contribution in [0.1, 0.15) is 25.3 Å². The first-order valence-electron chi connectivity index (χ1n) is 6.68. The summed E-state index contributed by atoms with van der Waals surface area (Å²) in [5, 5.41) is 0.518. The Hall–Kier alpha value is -1.13. The van der Waals surface area contributed by atoms with E-state index < -0.39 is 0 Å². The lowest BCUT2D eigenvalue weighted by atomic mass is 9.97. The minimum Gasteiger partial charge on any atom is -0.466 e. The first kappa shape index (κ1) is 14.3. The van der Waals surface area contributed by atoms with Crippen molar-refractivity contribution >= 4 is 17.6 Å². The third-order valence-corrected chi connectivity index (χ3v) is 3.63. The molecule has 0 radical (unpaired) electrons. The van der Waals surface area contributed by atoms with Gasteiger partial charge in [-0.15, -0.1) is 0 Å². The van der Waals surface area contributed by atoms with Crippen molar-refractivity contribution in [2.24, 2.45) is 5.92 Å². The number of pyridine rings is 1. The van der Waals surface area contributed by atoms with Gasteiger partial charge in [0.05, 0.1) is 12.5 Å². The van der Waals surface area contributed by atoms with E-state index in [-0.39, 0.29) is 11.9 Å². The van der Waals surface area contributed by atoms with Crippen molar-refractivity contribution in [1.29, 1.82) is 0 Å². The molecule has 1 aromatic heterocycles. The number of likely N-dealkylation sites (tertiary alicyclic amines) is 1. The summed E-state index contributed by atoms with van der Waals surface area (Å²) < 4.78 is 5.07. The zero-order valence-electron chi connectivity index (χ0n) is 11.1. The van der Waals surface area contributed by atoms with Crippen LogP contribution in [0.25, 0.3) is 0 Å². The molecule has 0 saturated carbocycles. The van der Waals surface area contributed by atoms with Crippen LogP contribution in [0.4, 0.5) is 0 Å². The van der Waals surface area contributed by atoms with E-state index in [9.17, 15) is 4.79 Å². The molecule has 1 saturated heterocycles. The van der Waals surface area contributed by atoms with Gasteiger partial charge in [0, 0.05) is 12.7 Å². The third kappa shape index (κ3) is 4.18. The normalized spacial score (nSPS) is 17.4. The van der Waals surface area contributed by atoms with Crippen molar-refractivity contribution < 1.29 is 9.53 Å². The van der Waals surface area contributed by atoms with Gasteiger partial charge in [-0.25, -0.2) is 4.98 Å². The van der Waals surface area contributed by atoms with Gasteiger partial charge >= 0.3 is 5.97 Å². The Kier molecular flexibility index (Phi) is 5.16. The summed E-state index contributed by atoms with van der Waals surface area (Å²) >= 11 is 5.76. The van der Waals surface area contributed by atoms with Gasteiger partial charge in [-0.05, 0) is 44.5 Å². The van der Waals surface area contributed by atoms with Crippen molar-refractivity contribution in [3.63, 3.8) is 0 Å². The molecule has 2 heterocycles. The Morgan fingerprint density at radius 1 is 1.47 bits per heavy atom. The summed E-state index contributed by atoms with van der Waals surface area (Å²) in [4.78, 5) is 18.0. The van der Waals surface area contributed by atoms with E-state index in [1.54, 1.807) is 6.20 Å². The van der Waals surface area contributed by atoms with Crippen LogP contribution in [0, 0.1) is 5.92 Å². The molecule has 19 heavy (non-hydrogen) atoms. The molecule has 0 aliphatic carbocycles. The SMILES string of the molecule is CCOC(=O)C1CCN(Cc2ccc(Cl)nc2)CC1. The second kappa shape index (κ2) is 6.87. The highest BCUT2D eigenvalue weighted by atomic mass is 35.5. The molecule has 1 fully saturated rings. The molecule has 104 valence electrons. The Morgan fingerprint density at radius 3 is 2.79 bits per heavy atom. The number of esters is 1. The smallest absolute Gasteiger partial charge is 0.309 e. The number of hydrogen-bond acceptors (Lipinski definition) is 4. The van der Waals surface area contributed by atoms with Crippen molar-refractivity contribution in [3.05, 3.63) is 29.0 Å². The molecule has 0 atom stereocenters. The van der Waals surface area contributed by atoms with Gasteiger partial charge in [-0.2, -0.15) is 0 Å². The lowest BCUT2D eigenvalue weighted by molar-refractivity contribution is -0.149. The van der Waals surface area contributed by atoms with Crippen molar-refractivity contribution in [2.45, 2.75) is 26.3 Å². The summed E-state index contributed by atoms with van der Waals surface area (Å²) in [5.74, 6) is 0.0230. The monoisotopic (exact) mass is 282 g/mol. The number of carbonyl (C=O) groups is 1. The summed E-state index contributed by atoms with van der Waals surface area (Å²) in [6.07, 6.45) is 3.56. The van der Waals surface area contributed by atoms with Gasteiger partial charge in [0.1, 0.15) is 5.15 Å². The average Bonchev–Trinajstić information content (AvgIpc) is 2.42. The topological polar surface area (TPSA) is 42.4 Å². The van der Waals surface area contributed by atoms with Gasteiger partial charge < -0.3 is 4.74 Å². The van der Waals surface area contributed by atoms with E-state index >= 15 is 0 Å². The zero-order valence-corrected chi connectivity index (χ0v) is 11.9. The standard InChI is InChI=1S/C14H19ClN2O2/c1-2-19-14(18)12-5-7-17(8-6-12)10-11-3-4-13(15)16-9-11/h3-4,9,12H,2,5-8,10H2,1H3. The molecular weight excluding hydrogens is 264 g/mol. The van der Waals surface area contributed by atoms with Crippen LogP contribution in [-0.2, 0) is 16.1 Å². The highest BCUT2D eigenvalue weighted by Crippen LogP contribution is 2.20. The van der Waals surface area contributed by atoms with E-state index in [1.807, 2.05) is 19.1 Å². The van der Waals surface area contributed by atoms with Crippen LogP contribution < -0.4 is 0 Å². The number of aromatic nitrogens is 1. The molecule has 4 nitrogen and oxygen atoms in total. The number of carbonyl (C=O) groups excluding carboxylic acids is 1. The number of nitrogens with zero attached hydrogens (tertiary/aromatic N) is 2. The fraction of sp³-hybridized carbons (Fsp3) is 0.571. The van der Waals surface area contributed by atoms with Crippen LogP contribution >= 0.6 is 11.6 Å². The zero-order chi connectivity index (χ0) is 13.7. The van der Waals surface area contributed by atoms with Gasteiger partial charge in [0.2, 0.25) is 0 Å². The van der Waals surface area contributed by atoms with Crippen LogP contribution in [-0.4, -0.2) is 35.5 Å². The molecule has 0 spiro atoms. The first-order chi connectivity index (χ1) is 9.19. The molecular formula is C14H19ClN2O2. The fourth-order valence-electron chi connectivity index (χ4n) is 2.35. The van der Waals surface area contributed by atoms with Crippen molar-refractivity contribution in [3.8, 4) is 0 Å². The summed E-state index contributed by atoms with van der Waals surface area (Å²) in [6.45, 7) is 5.02. The van der Waals surface area contributed by atoms with E-state index in [2.05, 4.69) is 9.88 Å². The summed E-state index contributed by atoms with van der Waals surface area (Å²) in [7, 11) is 0. The van der Waals surface area contributed by atoms with Gasteiger partial charge in [0.25, 0.3) is 0 Å². The Morgan fingerprint density at radius 2 is 2.21 bits per heavy atom. The molecule has 0 unspecified atom stereocenters. The van der Waals surface area contributed by atoms with Gasteiger partial charge in [0.15, 0.2) is 0 Å². The number of ether oxygens (including phenoxy) is 1. The summed E-state index contributed by atoms with van der Waals surface area (Å²) in [6, 6.07) is 3.80. The molecule has 5 heteroatoms. The molecule has 0 bridgehead atoms.